The van der Waals surface area contributed by atoms with E-state index in [1.807, 2.05) is 22.6 Å². The van der Waals surface area contributed by atoms with Gasteiger partial charge in [-0.3, -0.25) is 5.32 Å². The number of nitrogens with one attached hydrogen (secondary N) is 1. The molecule has 6 heteroatoms. The SMILES string of the molecule is COC(=O)Nc1ccc(F)c(Cl)c1I. The zero-order valence-electron chi connectivity index (χ0n) is 7.11. The van der Waals surface area contributed by atoms with Crippen LogP contribution in [0.3, 0.4) is 0 Å². The summed E-state index contributed by atoms with van der Waals surface area (Å²) in [5, 5.41) is 2.39. The highest BCUT2D eigenvalue weighted by Crippen LogP contribution is 2.28. The third-order valence-corrected chi connectivity index (χ3v) is 3.27. The Kier molecular flexibility index (Phi) is 3.94. The molecule has 0 bridgehead atoms. The van der Waals surface area contributed by atoms with Gasteiger partial charge in [-0.05, 0) is 34.7 Å². The number of hydrogen-bond acceptors (Lipinski definition) is 2. The zero-order valence-corrected chi connectivity index (χ0v) is 10.0. The smallest absolute Gasteiger partial charge is 0.411 e. The monoisotopic (exact) mass is 329 g/mol. The summed E-state index contributed by atoms with van der Waals surface area (Å²) in [6.07, 6.45) is -0.620. The number of amides is 1. The molecule has 0 saturated carbocycles. The van der Waals surface area contributed by atoms with Crippen molar-refractivity contribution in [2.75, 3.05) is 12.4 Å². The highest BCUT2D eigenvalue weighted by atomic mass is 127. The van der Waals surface area contributed by atoms with Gasteiger partial charge in [-0.15, -0.1) is 0 Å². The van der Waals surface area contributed by atoms with Gasteiger partial charge in [-0.1, -0.05) is 11.6 Å². The fourth-order valence-electron chi connectivity index (χ4n) is 0.783. The second-order valence-electron chi connectivity index (χ2n) is 2.34. The second-order valence-corrected chi connectivity index (χ2v) is 3.80. The molecule has 1 aromatic rings. The summed E-state index contributed by atoms with van der Waals surface area (Å²) in [5.41, 5.74) is 0.420. The molecule has 0 aromatic heterocycles. The minimum atomic E-state index is -0.620. The normalized spacial score (nSPS) is 9.71. The maximum Gasteiger partial charge on any atom is 0.411 e. The average molecular weight is 329 g/mol. The average Bonchev–Trinajstić information content (AvgIpc) is 2.19. The van der Waals surface area contributed by atoms with E-state index in [-0.39, 0.29) is 5.02 Å². The Balaban J connectivity index is 3.00. The van der Waals surface area contributed by atoms with Gasteiger partial charge in [0.15, 0.2) is 0 Å². The van der Waals surface area contributed by atoms with Crippen molar-refractivity contribution in [1.29, 1.82) is 0 Å². The summed E-state index contributed by atoms with van der Waals surface area (Å²) in [5.74, 6) is -0.522. The Morgan fingerprint density at radius 3 is 2.86 bits per heavy atom. The van der Waals surface area contributed by atoms with Crippen LogP contribution < -0.4 is 5.32 Å². The lowest BCUT2D eigenvalue weighted by atomic mass is 10.3. The summed E-state index contributed by atoms with van der Waals surface area (Å²) in [7, 11) is 1.24. The van der Waals surface area contributed by atoms with E-state index in [0.29, 0.717) is 9.26 Å². The van der Waals surface area contributed by atoms with E-state index in [9.17, 15) is 9.18 Å². The quantitative estimate of drug-likeness (QED) is 0.634. The molecule has 14 heavy (non-hydrogen) atoms. The first-order valence-electron chi connectivity index (χ1n) is 3.54. The van der Waals surface area contributed by atoms with Gasteiger partial charge in [0.2, 0.25) is 0 Å². The van der Waals surface area contributed by atoms with Gasteiger partial charge in [0, 0.05) is 0 Å². The van der Waals surface area contributed by atoms with Crippen LogP contribution in [0, 0.1) is 9.39 Å². The Hall–Kier alpha value is -0.560. The molecule has 1 rings (SSSR count). The molecule has 0 aliphatic rings. The van der Waals surface area contributed by atoms with Crippen molar-refractivity contribution in [3.05, 3.63) is 26.5 Å². The van der Waals surface area contributed by atoms with Gasteiger partial charge in [0.1, 0.15) is 5.82 Å². The minimum absolute atomic E-state index is 0.0143. The van der Waals surface area contributed by atoms with E-state index < -0.39 is 11.9 Å². The molecule has 0 atom stereocenters. The van der Waals surface area contributed by atoms with Crippen molar-refractivity contribution in [1.82, 2.24) is 0 Å². The van der Waals surface area contributed by atoms with Crippen LogP contribution in [0.2, 0.25) is 5.02 Å². The van der Waals surface area contributed by atoms with E-state index in [4.69, 9.17) is 11.6 Å². The first-order chi connectivity index (χ1) is 6.56. The number of carbonyl (C=O) groups excluding carboxylic acids is 1. The molecule has 0 spiro atoms. The van der Waals surface area contributed by atoms with E-state index in [1.54, 1.807) is 0 Å². The first-order valence-corrected chi connectivity index (χ1v) is 5.00. The van der Waals surface area contributed by atoms with Crippen molar-refractivity contribution in [2.24, 2.45) is 0 Å². The molecular formula is C8H6ClFINO2. The van der Waals surface area contributed by atoms with E-state index >= 15 is 0 Å². The van der Waals surface area contributed by atoms with Crippen LogP contribution in [0.25, 0.3) is 0 Å². The molecule has 0 aliphatic carbocycles. The second kappa shape index (κ2) is 4.79. The fourth-order valence-corrected chi connectivity index (χ4v) is 1.52. The molecular weight excluding hydrogens is 323 g/mol. The number of anilines is 1. The number of ether oxygens (including phenoxy) is 1. The lowest BCUT2D eigenvalue weighted by Crippen LogP contribution is -2.12. The predicted molar refractivity (Wildman–Crippen MR) is 60.2 cm³/mol. The zero-order chi connectivity index (χ0) is 10.7. The molecule has 0 heterocycles. The van der Waals surface area contributed by atoms with E-state index in [0.717, 1.165) is 0 Å². The van der Waals surface area contributed by atoms with Crippen LogP contribution in [0.15, 0.2) is 12.1 Å². The predicted octanol–water partition coefficient (Wildman–Crippen LogP) is 3.26. The van der Waals surface area contributed by atoms with Gasteiger partial charge in [0.25, 0.3) is 0 Å². The van der Waals surface area contributed by atoms with Crippen molar-refractivity contribution < 1.29 is 13.9 Å². The summed E-state index contributed by atoms with van der Waals surface area (Å²) in [4.78, 5) is 10.9. The van der Waals surface area contributed by atoms with Crippen LogP contribution in [0.4, 0.5) is 14.9 Å². The Bertz CT molecular complexity index is 373. The van der Waals surface area contributed by atoms with E-state index in [1.165, 1.54) is 19.2 Å². The molecule has 0 unspecified atom stereocenters. The molecule has 0 saturated heterocycles. The Morgan fingerprint density at radius 2 is 2.29 bits per heavy atom. The van der Waals surface area contributed by atoms with Gasteiger partial charge in [0.05, 0.1) is 21.4 Å². The lowest BCUT2D eigenvalue weighted by molar-refractivity contribution is 0.187. The number of halogens is 3. The molecule has 0 aliphatic heterocycles. The van der Waals surface area contributed by atoms with Crippen LogP contribution in [0.1, 0.15) is 0 Å². The largest absolute Gasteiger partial charge is 0.453 e. The van der Waals surface area contributed by atoms with Crippen molar-refractivity contribution in [3.8, 4) is 0 Å². The number of methoxy groups -OCH3 is 1. The maximum absolute atomic E-state index is 12.9. The maximum atomic E-state index is 12.9. The van der Waals surface area contributed by atoms with Gasteiger partial charge in [-0.2, -0.15) is 0 Å². The molecule has 3 nitrogen and oxygen atoms in total. The lowest BCUT2D eigenvalue weighted by Gasteiger charge is -2.07. The van der Waals surface area contributed by atoms with Crippen molar-refractivity contribution in [3.63, 3.8) is 0 Å². The summed E-state index contributed by atoms with van der Waals surface area (Å²) in [6, 6.07) is 2.59. The van der Waals surface area contributed by atoms with E-state index in [2.05, 4.69) is 10.1 Å². The third-order valence-electron chi connectivity index (χ3n) is 1.46. The highest BCUT2D eigenvalue weighted by molar-refractivity contribution is 14.1. The summed E-state index contributed by atoms with van der Waals surface area (Å²) >= 11 is 7.47. The molecule has 1 N–H and O–H groups in total. The van der Waals surface area contributed by atoms with Crippen molar-refractivity contribution in [2.45, 2.75) is 0 Å². The minimum Gasteiger partial charge on any atom is -0.453 e. The number of carbonyl (C=O) groups is 1. The van der Waals surface area contributed by atoms with Gasteiger partial charge in [-0.25, -0.2) is 9.18 Å². The number of rotatable bonds is 1. The number of hydrogen-bond donors (Lipinski definition) is 1. The van der Waals surface area contributed by atoms with Crippen LogP contribution in [-0.4, -0.2) is 13.2 Å². The number of benzene rings is 1. The van der Waals surface area contributed by atoms with Crippen LogP contribution in [0.5, 0.6) is 0 Å². The van der Waals surface area contributed by atoms with Gasteiger partial charge < -0.3 is 4.74 Å². The van der Waals surface area contributed by atoms with Crippen LogP contribution >= 0.6 is 34.2 Å². The molecule has 76 valence electrons. The van der Waals surface area contributed by atoms with Crippen LogP contribution in [-0.2, 0) is 4.74 Å². The molecule has 0 radical (unpaired) electrons. The standard InChI is InChI=1S/C8H6ClFINO2/c1-14-8(13)12-5-3-2-4(10)6(9)7(5)11/h2-3H,1H3,(H,12,13). The fraction of sp³-hybridized carbons (Fsp3) is 0.125. The Morgan fingerprint density at radius 1 is 1.64 bits per heavy atom. The topological polar surface area (TPSA) is 38.3 Å². The first kappa shape index (κ1) is 11.5. The molecule has 1 aromatic carbocycles. The summed E-state index contributed by atoms with van der Waals surface area (Å²) in [6.45, 7) is 0. The van der Waals surface area contributed by atoms with Gasteiger partial charge >= 0.3 is 6.09 Å². The highest BCUT2D eigenvalue weighted by Gasteiger charge is 2.11. The summed E-state index contributed by atoms with van der Waals surface area (Å²) < 4.78 is 17.7. The third kappa shape index (κ3) is 2.48. The van der Waals surface area contributed by atoms with Crippen molar-refractivity contribution >= 4 is 46.0 Å². The molecule has 1 amide bonds. The molecule has 0 fully saturated rings. The Labute approximate surface area is 98.7 Å².